The van der Waals surface area contributed by atoms with Crippen molar-refractivity contribution < 1.29 is 97.2 Å². The molecule has 0 aromatic rings. The Kier molecular flexibility index (Phi) is 8.47. The van der Waals surface area contributed by atoms with E-state index in [0.717, 1.165) is 0 Å². The Bertz CT molecular complexity index is 957. The number of hydrogen-bond acceptors (Lipinski definition) is 4. The Labute approximate surface area is 185 Å². The Morgan fingerprint density at radius 2 is 0.778 bits per heavy atom. The van der Waals surface area contributed by atoms with Gasteiger partial charge in [0.2, 0.25) is 11.8 Å². The van der Waals surface area contributed by atoms with Gasteiger partial charge in [-0.2, -0.15) is 83.1 Å². The smallest absolute Gasteiger partial charge is 0.296 e. The van der Waals surface area contributed by atoms with Crippen molar-refractivity contribution in [1.82, 2.24) is 5.32 Å². The quantitative estimate of drug-likeness (QED) is 0.259. The van der Waals surface area contributed by atoms with Crippen molar-refractivity contribution in [1.29, 1.82) is 0 Å². The molecule has 1 rings (SSSR count). The number of carbonyl (C=O) groups excluding carboxylic acids is 2. The Morgan fingerprint density at radius 3 is 0.972 bits per heavy atom. The molecule has 6 nitrogen and oxygen atoms in total. The van der Waals surface area contributed by atoms with Crippen LogP contribution in [0.5, 0.6) is 0 Å². The lowest BCUT2D eigenvalue weighted by Gasteiger charge is -2.42. The van der Waals surface area contributed by atoms with Crippen LogP contribution < -0.4 is 5.32 Å². The summed E-state index contributed by atoms with van der Waals surface area (Å²) < 4.78 is 242. The highest BCUT2D eigenvalue weighted by Gasteiger charge is 2.96. The van der Waals surface area contributed by atoms with Gasteiger partial charge in [0, 0.05) is 12.8 Å². The van der Waals surface area contributed by atoms with Crippen molar-refractivity contribution in [2.45, 2.75) is 59.8 Å². The van der Waals surface area contributed by atoms with E-state index in [1.54, 1.807) is 0 Å². The highest BCUT2D eigenvalue weighted by molar-refractivity contribution is 7.87. The molecule has 1 fully saturated rings. The molecule has 1 heterocycles. The predicted molar refractivity (Wildman–Crippen MR) is 74.6 cm³/mol. The minimum Gasteiger partial charge on any atom is -0.296 e. The van der Waals surface area contributed by atoms with Crippen LogP contribution in [0.15, 0.2) is 0 Å². The summed E-state index contributed by atoms with van der Waals surface area (Å²) in [5.41, 5.74) is 0. The fraction of sp³-hybridized carbons (Fsp3) is 0.833. The van der Waals surface area contributed by atoms with Gasteiger partial charge in [0.05, 0.1) is 0 Å². The van der Waals surface area contributed by atoms with E-state index in [9.17, 15) is 92.6 Å². The molecule has 214 valence electrons. The molecule has 0 unspecified atom stereocenters. The second-order valence-corrected chi connectivity index (χ2v) is 7.87. The number of alkyl halides is 17. The topological polar surface area (TPSA) is 101 Å². The molecular formula is C12H6F17NO5S. The zero-order valence-electron chi connectivity index (χ0n) is 15.8. The van der Waals surface area contributed by atoms with Crippen molar-refractivity contribution in [3.05, 3.63) is 0 Å². The van der Waals surface area contributed by atoms with E-state index in [1.807, 2.05) is 0 Å². The van der Waals surface area contributed by atoms with Crippen molar-refractivity contribution in [2.24, 2.45) is 0 Å². The fourth-order valence-corrected chi connectivity index (χ4v) is 2.27. The molecule has 2 amide bonds. The van der Waals surface area contributed by atoms with Crippen LogP contribution in [0.4, 0.5) is 74.6 Å². The van der Waals surface area contributed by atoms with Crippen LogP contribution in [0.3, 0.4) is 0 Å². The van der Waals surface area contributed by atoms with E-state index in [4.69, 9.17) is 4.55 Å². The van der Waals surface area contributed by atoms with Gasteiger partial charge in [0.1, 0.15) is 0 Å². The standard InChI is InChI=1S/C8HF17O3S.C4H5NO2/c9-1(10,3(13,14)5(17,18)7(21,22)23)2(11,12)4(15,16)6(19,20)8(24,25)29(26,27)28;6-3-1-2-4(7)5-3/h(H,26,27,28);1-2H2,(H,5,6,7). The van der Waals surface area contributed by atoms with E-state index in [1.165, 1.54) is 0 Å². The van der Waals surface area contributed by atoms with Crippen molar-refractivity contribution in [2.75, 3.05) is 0 Å². The molecule has 36 heavy (non-hydrogen) atoms. The first-order valence-corrected chi connectivity index (χ1v) is 9.24. The molecule has 0 atom stereocenters. The van der Waals surface area contributed by atoms with E-state index >= 15 is 0 Å². The molecule has 0 aromatic heterocycles. The largest absolute Gasteiger partial charge is 0.460 e. The third-order valence-electron chi connectivity index (χ3n) is 3.88. The van der Waals surface area contributed by atoms with Crippen molar-refractivity contribution in [3.8, 4) is 0 Å². The van der Waals surface area contributed by atoms with Gasteiger partial charge in [0.15, 0.2) is 0 Å². The third kappa shape index (κ3) is 4.88. The summed E-state index contributed by atoms with van der Waals surface area (Å²) in [5.74, 6) is -52.3. The lowest BCUT2D eigenvalue weighted by atomic mass is 9.91. The maximum atomic E-state index is 13.0. The van der Waals surface area contributed by atoms with Crippen LogP contribution in [0.25, 0.3) is 0 Å². The first-order valence-electron chi connectivity index (χ1n) is 7.80. The highest BCUT2D eigenvalue weighted by Crippen LogP contribution is 2.64. The maximum absolute atomic E-state index is 13.0. The summed E-state index contributed by atoms with van der Waals surface area (Å²) in [4.78, 5) is 20.2. The zero-order chi connectivity index (χ0) is 29.8. The normalized spacial score (nSPS) is 17.5. The molecule has 0 bridgehead atoms. The van der Waals surface area contributed by atoms with E-state index in [-0.39, 0.29) is 11.8 Å². The first kappa shape index (κ1) is 33.9. The molecule has 0 radical (unpaired) electrons. The van der Waals surface area contributed by atoms with Gasteiger partial charge in [-0.3, -0.25) is 19.5 Å². The number of imide groups is 1. The van der Waals surface area contributed by atoms with Crippen LogP contribution in [-0.2, 0) is 19.7 Å². The Morgan fingerprint density at radius 1 is 0.528 bits per heavy atom. The van der Waals surface area contributed by atoms with Gasteiger partial charge in [-0.25, -0.2) is 0 Å². The van der Waals surface area contributed by atoms with Crippen molar-refractivity contribution >= 4 is 21.9 Å². The monoisotopic (exact) mass is 599 g/mol. The molecule has 24 heteroatoms. The van der Waals surface area contributed by atoms with Gasteiger partial charge < -0.3 is 0 Å². The van der Waals surface area contributed by atoms with Gasteiger partial charge in [-0.05, 0) is 0 Å². The molecule has 2 N–H and O–H groups in total. The molecule has 1 aliphatic heterocycles. The SMILES string of the molecule is O=C1CCC(=O)N1.O=S(=O)(O)C(F)(F)C(F)(F)C(F)(F)C(F)(F)C(F)(F)C(F)(F)C(F)(F)C(F)(F)F. The summed E-state index contributed by atoms with van der Waals surface area (Å²) >= 11 is 0. The van der Waals surface area contributed by atoms with E-state index < -0.39 is 57.1 Å². The summed E-state index contributed by atoms with van der Waals surface area (Å²) in [6.07, 6.45) is -7.14. The Balaban J connectivity index is 0.00000148. The van der Waals surface area contributed by atoms with Gasteiger partial charge in [0.25, 0.3) is 0 Å². The third-order valence-corrected chi connectivity index (χ3v) is 4.78. The summed E-state index contributed by atoms with van der Waals surface area (Å²) in [6, 6.07) is 0. The number of hydrogen-bond donors (Lipinski definition) is 2. The lowest BCUT2D eigenvalue weighted by molar-refractivity contribution is -0.458. The molecule has 1 aliphatic rings. The van der Waals surface area contributed by atoms with E-state index in [2.05, 4.69) is 5.32 Å². The second kappa shape index (κ2) is 9.01. The molecule has 0 aliphatic carbocycles. The van der Waals surface area contributed by atoms with E-state index in [0.29, 0.717) is 12.8 Å². The van der Waals surface area contributed by atoms with Crippen LogP contribution in [0, 0.1) is 0 Å². The number of nitrogens with one attached hydrogen (secondary N) is 1. The number of halogens is 17. The maximum Gasteiger partial charge on any atom is 0.460 e. The minimum absolute atomic E-state index is 0.148. The zero-order valence-corrected chi connectivity index (χ0v) is 16.6. The molecule has 0 saturated carbocycles. The summed E-state index contributed by atoms with van der Waals surface area (Å²) in [5, 5.41) is -5.70. The van der Waals surface area contributed by atoms with Crippen LogP contribution >= 0.6 is 0 Å². The molecule has 0 aromatic carbocycles. The van der Waals surface area contributed by atoms with Gasteiger partial charge in [-0.1, -0.05) is 0 Å². The average molecular weight is 599 g/mol. The first-order chi connectivity index (χ1) is 15.3. The Hall–Kier alpha value is -2.14. The highest BCUT2D eigenvalue weighted by atomic mass is 32.2. The number of amides is 2. The minimum atomic E-state index is -8.89. The van der Waals surface area contributed by atoms with Gasteiger partial charge >= 0.3 is 57.1 Å². The fourth-order valence-electron chi connectivity index (χ4n) is 1.82. The number of carbonyl (C=O) groups is 2. The number of rotatable bonds is 7. The molecular weight excluding hydrogens is 593 g/mol. The molecule has 1 saturated heterocycles. The second-order valence-electron chi connectivity index (χ2n) is 6.41. The summed E-state index contributed by atoms with van der Waals surface area (Å²) in [7, 11) is -7.89. The van der Waals surface area contributed by atoms with Crippen LogP contribution in [-0.4, -0.2) is 71.8 Å². The van der Waals surface area contributed by atoms with Crippen LogP contribution in [0.2, 0.25) is 0 Å². The molecule has 0 spiro atoms. The predicted octanol–water partition coefficient (Wildman–Crippen LogP) is 4.26. The lowest BCUT2D eigenvalue weighted by Crippen LogP contribution is -2.74. The van der Waals surface area contributed by atoms with Crippen molar-refractivity contribution in [3.63, 3.8) is 0 Å². The average Bonchev–Trinajstić information content (AvgIpc) is 3.02. The van der Waals surface area contributed by atoms with Gasteiger partial charge in [-0.15, -0.1) is 0 Å². The van der Waals surface area contributed by atoms with Crippen LogP contribution in [0.1, 0.15) is 12.8 Å². The summed E-state index contributed by atoms with van der Waals surface area (Å²) in [6.45, 7) is 0.